The molecule has 1 amide bonds. The lowest BCUT2D eigenvalue weighted by atomic mass is 10.2. The molecule has 3 heterocycles. The van der Waals surface area contributed by atoms with Crippen molar-refractivity contribution in [2.45, 2.75) is 13.5 Å². The number of rotatable bonds is 2. The van der Waals surface area contributed by atoms with Gasteiger partial charge in [-0.05, 0) is 6.92 Å². The molecule has 0 radical (unpaired) electrons. The third-order valence-electron chi connectivity index (χ3n) is 3.63. The zero-order valence-corrected chi connectivity index (χ0v) is 14.1. The lowest BCUT2D eigenvalue weighted by Crippen LogP contribution is -2.17. The number of hydrogen-bond acceptors (Lipinski definition) is 6. The Morgan fingerprint density at radius 1 is 1.36 bits per heavy atom. The number of fused-ring (bicyclic) bond motifs is 2. The molecule has 1 aliphatic rings. The van der Waals surface area contributed by atoms with E-state index in [0.717, 1.165) is 10.2 Å². The molecule has 0 atom stereocenters. The maximum atomic E-state index is 12.3. The van der Waals surface area contributed by atoms with Gasteiger partial charge in [0.1, 0.15) is 13.2 Å². The van der Waals surface area contributed by atoms with Crippen molar-refractivity contribution in [2.75, 3.05) is 13.2 Å². The number of ether oxygens (including phenoxy) is 2. The van der Waals surface area contributed by atoms with Crippen LogP contribution in [0, 0.1) is 19.3 Å². The highest BCUT2D eigenvalue weighted by Gasteiger charge is 2.17. The van der Waals surface area contributed by atoms with Crippen LogP contribution in [0.15, 0.2) is 27.7 Å². The van der Waals surface area contributed by atoms with Gasteiger partial charge in [-0.25, -0.2) is 0 Å². The van der Waals surface area contributed by atoms with Crippen LogP contribution in [-0.2, 0) is 6.54 Å². The average Bonchev–Trinajstić information content (AvgIpc) is 3.18. The molecule has 4 rings (SSSR count). The number of benzene rings is 1. The van der Waals surface area contributed by atoms with Gasteiger partial charge in [0.05, 0.1) is 22.5 Å². The maximum absolute atomic E-state index is 12.3. The van der Waals surface area contributed by atoms with Crippen LogP contribution < -0.4 is 14.3 Å². The van der Waals surface area contributed by atoms with Crippen molar-refractivity contribution in [1.82, 2.24) is 9.72 Å². The van der Waals surface area contributed by atoms with E-state index in [1.54, 1.807) is 17.6 Å². The Balaban J connectivity index is 1.88. The SMILES string of the molecule is C#CCn1c(=NC(=O)c2cc(C)no2)sc2cc3c(cc21)OCCO3. The molecule has 0 unspecified atom stereocenters. The summed E-state index contributed by atoms with van der Waals surface area (Å²) in [5, 5.41) is 3.71. The summed E-state index contributed by atoms with van der Waals surface area (Å²) in [7, 11) is 0. The van der Waals surface area contributed by atoms with E-state index in [-0.39, 0.29) is 12.3 Å². The predicted molar refractivity (Wildman–Crippen MR) is 90.8 cm³/mol. The van der Waals surface area contributed by atoms with E-state index in [1.807, 2.05) is 12.1 Å². The van der Waals surface area contributed by atoms with Crippen molar-refractivity contribution in [2.24, 2.45) is 4.99 Å². The minimum atomic E-state index is -0.504. The average molecular weight is 355 g/mol. The van der Waals surface area contributed by atoms with Gasteiger partial charge in [0.25, 0.3) is 0 Å². The topological polar surface area (TPSA) is 78.9 Å². The van der Waals surface area contributed by atoms with Crippen molar-refractivity contribution in [1.29, 1.82) is 0 Å². The van der Waals surface area contributed by atoms with Crippen molar-refractivity contribution < 1.29 is 18.8 Å². The number of carbonyl (C=O) groups excluding carboxylic acids is 1. The van der Waals surface area contributed by atoms with Crippen molar-refractivity contribution >= 4 is 27.5 Å². The lowest BCUT2D eigenvalue weighted by Gasteiger charge is -2.18. The summed E-state index contributed by atoms with van der Waals surface area (Å²) in [6.45, 7) is 3.02. The molecule has 0 saturated carbocycles. The Labute approximate surface area is 146 Å². The summed E-state index contributed by atoms with van der Waals surface area (Å²) in [5.41, 5.74) is 1.46. The number of thiazole rings is 1. The van der Waals surface area contributed by atoms with E-state index >= 15 is 0 Å². The van der Waals surface area contributed by atoms with Gasteiger partial charge in [-0.3, -0.25) is 4.79 Å². The van der Waals surface area contributed by atoms with Crippen LogP contribution in [-0.4, -0.2) is 28.8 Å². The highest BCUT2D eigenvalue weighted by Crippen LogP contribution is 2.35. The van der Waals surface area contributed by atoms with Gasteiger partial charge < -0.3 is 18.6 Å². The van der Waals surface area contributed by atoms with E-state index < -0.39 is 5.91 Å². The second kappa shape index (κ2) is 6.11. The van der Waals surface area contributed by atoms with Gasteiger partial charge in [-0.2, -0.15) is 4.99 Å². The Morgan fingerprint density at radius 3 is 2.80 bits per heavy atom. The number of aryl methyl sites for hydroxylation is 1. The molecule has 0 fully saturated rings. The molecule has 3 aromatic rings. The third-order valence-corrected chi connectivity index (χ3v) is 4.67. The third kappa shape index (κ3) is 2.79. The smallest absolute Gasteiger partial charge is 0.318 e. The van der Waals surface area contributed by atoms with Gasteiger partial charge in [0.15, 0.2) is 16.3 Å². The second-order valence-corrected chi connectivity index (χ2v) is 6.40. The zero-order chi connectivity index (χ0) is 17.4. The standard InChI is InChI=1S/C17H13N3O4S/c1-3-4-20-11-8-12-13(23-6-5-22-12)9-15(11)25-17(20)18-16(21)14-7-10(2)19-24-14/h1,7-9H,4-6H2,2H3. The lowest BCUT2D eigenvalue weighted by molar-refractivity contribution is 0.0962. The van der Waals surface area contributed by atoms with Crippen LogP contribution in [0.1, 0.15) is 16.2 Å². The number of carbonyl (C=O) groups is 1. The molecule has 1 aromatic carbocycles. The van der Waals surface area contributed by atoms with Crippen molar-refractivity contribution in [3.8, 4) is 23.8 Å². The van der Waals surface area contributed by atoms with Crippen molar-refractivity contribution in [3.63, 3.8) is 0 Å². The van der Waals surface area contributed by atoms with E-state index in [9.17, 15) is 4.79 Å². The summed E-state index contributed by atoms with van der Waals surface area (Å²) >= 11 is 1.35. The van der Waals surface area contributed by atoms with Crippen molar-refractivity contribution in [3.05, 3.63) is 34.5 Å². The minimum absolute atomic E-state index is 0.0909. The van der Waals surface area contributed by atoms with E-state index in [1.165, 1.54) is 11.3 Å². The first kappa shape index (κ1) is 15.5. The first-order valence-corrected chi connectivity index (χ1v) is 8.36. The summed E-state index contributed by atoms with van der Waals surface area (Å²) in [5.74, 6) is 3.51. The van der Waals surface area contributed by atoms with E-state index in [2.05, 4.69) is 16.1 Å². The number of amides is 1. The number of terminal acetylenes is 1. The van der Waals surface area contributed by atoms with Crippen LogP contribution >= 0.6 is 11.3 Å². The molecule has 2 aromatic heterocycles. The quantitative estimate of drug-likeness (QED) is 0.658. The van der Waals surface area contributed by atoms with Gasteiger partial charge in [0, 0.05) is 18.2 Å². The summed E-state index contributed by atoms with van der Waals surface area (Å²) in [4.78, 5) is 16.9. The number of hydrogen-bond donors (Lipinski definition) is 0. The summed E-state index contributed by atoms with van der Waals surface area (Å²) in [6.07, 6.45) is 5.49. The largest absolute Gasteiger partial charge is 0.486 e. The fraction of sp³-hybridized carbons (Fsp3) is 0.235. The molecule has 126 valence electrons. The highest BCUT2D eigenvalue weighted by atomic mass is 32.1. The fourth-order valence-electron chi connectivity index (χ4n) is 2.54. The Morgan fingerprint density at radius 2 is 2.12 bits per heavy atom. The van der Waals surface area contributed by atoms with Gasteiger partial charge in [-0.1, -0.05) is 22.4 Å². The molecule has 8 heteroatoms. The van der Waals surface area contributed by atoms with E-state index in [4.69, 9.17) is 20.4 Å². The predicted octanol–water partition coefficient (Wildman–Crippen LogP) is 2.14. The monoisotopic (exact) mass is 355 g/mol. The first-order chi connectivity index (χ1) is 12.2. The maximum Gasteiger partial charge on any atom is 0.318 e. The molecule has 0 N–H and O–H groups in total. The van der Waals surface area contributed by atoms with Gasteiger partial charge >= 0.3 is 5.91 Å². The van der Waals surface area contributed by atoms with Crippen LogP contribution in [0.25, 0.3) is 10.2 Å². The molecule has 7 nitrogen and oxygen atoms in total. The Bertz CT molecular complexity index is 1080. The Kier molecular flexibility index (Phi) is 3.78. The fourth-order valence-corrected chi connectivity index (χ4v) is 3.58. The highest BCUT2D eigenvalue weighted by molar-refractivity contribution is 7.16. The molecular weight excluding hydrogens is 342 g/mol. The molecular formula is C17H13N3O4S. The first-order valence-electron chi connectivity index (χ1n) is 7.54. The number of nitrogens with zero attached hydrogens (tertiary/aromatic N) is 3. The van der Waals surface area contributed by atoms with Crippen LogP contribution in [0.4, 0.5) is 0 Å². The molecule has 0 spiro atoms. The summed E-state index contributed by atoms with van der Waals surface area (Å²) < 4.78 is 18.9. The molecule has 0 aliphatic carbocycles. The van der Waals surface area contributed by atoms with Crippen LogP contribution in [0.3, 0.4) is 0 Å². The molecule has 1 aliphatic heterocycles. The van der Waals surface area contributed by atoms with Gasteiger partial charge in [0.2, 0.25) is 5.76 Å². The number of aromatic nitrogens is 2. The normalized spacial score (nSPS) is 13.8. The minimum Gasteiger partial charge on any atom is -0.486 e. The van der Waals surface area contributed by atoms with Crippen LogP contribution in [0.2, 0.25) is 0 Å². The molecule has 25 heavy (non-hydrogen) atoms. The Hall–Kier alpha value is -3.05. The van der Waals surface area contributed by atoms with Crippen LogP contribution in [0.5, 0.6) is 11.5 Å². The molecule has 0 saturated heterocycles. The zero-order valence-electron chi connectivity index (χ0n) is 13.3. The molecule has 0 bridgehead atoms. The van der Waals surface area contributed by atoms with Gasteiger partial charge in [-0.15, -0.1) is 6.42 Å². The second-order valence-electron chi connectivity index (χ2n) is 5.39. The van der Waals surface area contributed by atoms with E-state index in [0.29, 0.717) is 35.2 Å². The summed E-state index contributed by atoms with van der Waals surface area (Å²) in [6, 6.07) is 5.29.